The first-order chi connectivity index (χ1) is 8.13. The first-order valence-electron chi connectivity index (χ1n) is 6.18. The van der Waals surface area contributed by atoms with Crippen LogP contribution in [0.1, 0.15) is 6.42 Å². The summed E-state index contributed by atoms with van der Waals surface area (Å²) in [5, 5.41) is 2.86. The number of nitrogens with zero attached hydrogens (tertiary/aromatic N) is 2. The van der Waals surface area contributed by atoms with Crippen molar-refractivity contribution in [1.82, 2.24) is 15.1 Å². The summed E-state index contributed by atoms with van der Waals surface area (Å²) in [7, 11) is 2.13. The maximum atomic E-state index is 11.5. The van der Waals surface area contributed by atoms with Crippen LogP contribution in [0.2, 0.25) is 0 Å². The van der Waals surface area contributed by atoms with Crippen LogP contribution in [0.4, 0.5) is 0 Å². The number of nitrogens with two attached hydrogens (primary N) is 1. The van der Waals surface area contributed by atoms with Crippen molar-refractivity contribution in [1.29, 1.82) is 0 Å². The molecule has 0 saturated carbocycles. The Hall–Kier alpha value is -0.910. The van der Waals surface area contributed by atoms with Crippen molar-refractivity contribution in [3.8, 4) is 0 Å². The minimum atomic E-state index is -0.458. The Morgan fingerprint density at radius 2 is 2.12 bits per heavy atom. The summed E-state index contributed by atoms with van der Waals surface area (Å²) in [6.45, 7) is 9.50. The zero-order chi connectivity index (χ0) is 12.7. The predicted molar refractivity (Wildman–Crippen MR) is 69.7 cm³/mol. The van der Waals surface area contributed by atoms with Gasteiger partial charge in [-0.2, -0.15) is 0 Å². The molecule has 0 aromatic carbocycles. The van der Waals surface area contributed by atoms with E-state index in [-0.39, 0.29) is 5.91 Å². The van der Waals surface area contributed by atoms with Gasteiger partial charge in [-0.1, -0.05) is 6.08 Å². The Morgan fingerprint density at radius 3 is 2.71 bits per heavy atom. The molecule has 17 heavy (non-hydrogen) atoms. The van der Waals surface area contributed by atoms with Crippen molar-refractivity contribution in [2.45, 2.75) is 12.5 Å². The Labute approximate surface area is 104 Å². The average Bonchev–Trinajstić information content (AvgIpc) is 2.32. The van der Waals surface area contributed by atoms with Crippen molar-refractivity contribution in [2.24, 2.45) is 5.73 Å². The monoisotopic (exact) mass is 240 g/mol. The molecule has 1 unspecified atom stereocenters. The molecule has 1 atom stereocenters. The zero-order valence-corrected chi connectivity index (χ0v) is 10.7. The molecule has 1 aliphatic heterocycles. The van der Waals surface area contributed by atoms with Crippen molar-refractivity contribution < 1.29 is 4.79 Å². The van der Waals surface area contributed by atoms with E-state index in [1.165, 1.54) is 0 Å². The highest BCUT2D eigenvalue weighted by molar-refractivity contribution is 5.81. The van der Waals surface area contributed by atoms with E-state index in [4.69, 9.17) is 5.73 Å². The number of rotatable bonds is 6. The second kappa shape index (κ2) is 7.42. The fraction of sp³-hybridized carbons (Fsp3) is 0.750. The quantitative estimate of drug-likeness (QED) is 0.600. The Bertz CT molecular complexity index is 249. The summed E-state index contributed by atoms with van der Waals surface area (Å²) in [4.78, 5) is 16.2. The summed E-state index contributed by atoms with van der Waals surface area (Å²) in [6.07, 6.45) is 2.20. The van der Waals surface area contributed by atoms with Crippen molar-refractivity contribution in [3.63, 3.8) is 0 Å². The Morgan fingerprint density at radius 1 is 1.47 bits per heavy atom. The highest BCUT2D eigenvalue weighted by atomic mass is 16.2. The number of hydrogen-bond acceptors (Lipinski definition) is 4. The highest BCUT2D eigenvalue weighted by Crippen LogP contribution is 1.97. The van der Waals surface area contributed by atoms with E-state index in [1.807, 2.05) is 0 Å². The number of amides is 1. The maximum absolute atomic E-state index is 11.5. The first-order valence-corrected chi connectivity index (χ1v) is 6.18. The largest absolute Gasteiger partial charge is 0.353 e. The summed E-state index contributed by atoms with van der Waals surface area (Å²) in [6, 6.07) is -0.458. The average molecular weight is 240 g/mol. The van der Waals surface area contributed by atoms with Gasteiger partial charge in [-0.25, -0.2) is 0 Å². The van der Waals surface area contributed by atoms with Gasteiger partial charge in [0.25, 0.3) is 0 Å². The molecule has 5 heteroatoms. The summed E-state index contributed by atoms with van der Waals surface area (Å²) in [5.41, 5.74) is 5.66. The molecular weight excluding hydrogens is 216 g/mol. The zero-order valence-electron chi connectivity index (χ0n) is 10.7. The van der Waals surface area contributed by atoms with Gasteiger partial charge in [0.2, 0.25) is 5.91 Å². The fourth-order valence-electron chi connectivity index (χ4n) is 1.83. The molecule has 3 N–H and O–H groups in total. The smallest absolute Gasteiger partial charge is 0.237 e. The van der Waals surface area contributed by atoms with Gasteiger partial charge in [-0.05, 0) is 13.5 Å². The molecule has 98 valence electrons. The molecular formula is C12H24N4O. The maximum Gasteiger partial charge on any atom is 0.237 e. The van der Waals surface area contributed by atoms with Gasteiger partial charge in [0.15, 0.2) is 0 Å². The Kier molecular flexibility index (Phi) is 6.18. The minimum Gasteiger partial charge on any atom is -0.353 e. The van der Waals surface area contributed by atoms with Gasteiger partial charge < -0.3 is 16.0 Å². The fourth-order valence-corrected chi connectivity index (χ4v) is 1.83. The summed E-state index contributed by atoms with van der Waals surface area (Å²) in [5.74, 6) is -0.0842. The van der Waals surface area contributed by atoms with Crippen LogP contribution in [0.25, 0.3) is 0 Å². The molecule has 0 spiro atoms. The third kappa shape index (κ3) is 5.30. The predicted octanol–water partition coefficient (Wildman–Crippen LogP) is -0.747. The van der Waals surface area contributed by atoms with Crippen molar-refractivity contribution in [2.75, 3.05) is 46.3 Å². The van der Waals surface area contributed by atoms with Gasteiger partial charge >= 0.3 is 0 Å². The van der Waals surface area contributed by atoms with Gasteiger partial charge in [0.1, 0.15) is 0 Å². The second-order valence-electron chi connectivity index (χ2n) is 4.57. The lowest BCUT2D eigenvalue weighted by Gasteiger charge is -2.32. The first kappa shape index (κ1) is 14.2. The molecule has 0 aromatic heterocycles. The summed E-state index contributed by atoms with van der Waals surface area (Å²) < 4.78 is 0. The van der Waals surface area contributed by atoms with Gasteiger partial charge in [-0.15, -0.1) is 6.58 Å². The molecule has 0 aliphatic carbocycles. The van der Waals surface area contributed by atoms with E-state index in [0.29, 0.717) is 13.0 Å². The topological polar surface area (TPSA) is 61.6 Å². The second-order valence-corrected chi connectivity index (χ2v) is 4.57. The van der Waals surface area contributed by atoms with Gasteiger partial charge in [-0.3, -0.25) is 9.69 Å². The molecule has 0 radical (unpaired) electrons. The van der Waals surface area contributed by atoms with Crippen LogP contribution < -0.4 is 11.1 Å². The minimum absolute atomic E-state index is 0.0842. The van der Waals surface area contributed by atoms with Crippen molar-refractivity contribution >= 4 is 5.91 Å². The van der Waals surface area contributed by atoms with E-state index < -0.39 is 6.04 Å². The molecule has 1 aliphatic rings. The number of carbonyl (C=O) groups excluding carboxylic acids is 1. The standard InChI is InChI=1S/C12H24N4O/c1-3-4-11(13)12(17)14-5-6-16-9-7-15(2)8-10-16/h3,11H,1,4-10,13H2,2H3,(H,14,17). The van der Waals surface area contributed by atoms with E-state index >= 15 is 0 Å². The SMILES string of the molecule is C=CCC(N)C(=O)NCCN1CCN(C)CC1. The number of hydrogen-bond donors (Lipinski definition) is 2. The number of carbonyl (C=O) groups is 1. The van der Waals surface area contributed by atoms with E-state index in [9.17, 15) is 4.79 Å². The van der Waals surface area contributed by atoms with Gasteiger partial charge in [0.05, 0.1) is 6.04 Å². The van der Waals surface area contributed by atoms with Crippen molar-refractivity contribution in [3.05, 3.63) is 12.7 Å². The van der Waals surface area contributed by atoms with Crippen LogP contribution in [0, 0.1) is 0 Å². The molecule has 1 rings (SSSR count). The van der Waals surface area contributed by atoms with Gasteiger partial charge in [0, 0.05) is 39.3 Å². The molecule has 5 nitrogen and oxygen atoms in total. The number of piperazine rings is 1. The normalized spacial score (nSPS) is 19.9. The molecule has 1 heterocycles. The van der Waals surface area contributed by atoms with Crippen LogP contribution in [-0.2, 0) is 4.79 Å². The van der Waals surface area contributed by atoms with E-state index in [1.54, 1.807) is 6.08 Å². The lowest BCUT2D eigenvalue weighted by molar-refractivity contribution is -0.122. The number of likely N-dealkylation sites (N-methyl/N-ethyl adjacent to an activating group) is 1. The summed E-state index contributed by atoms with van der Waals surface area (Å²) >= 11 is 0. The van der Waals surface area contributed by atoms with E-state index in [0.717, 1.165) is 32.7 Å². The molecule has 1 amide bonds. The van der Waals surface area contributed by atoms with Crippen LogP contribution in [-0.4, -0.2) is 68.1 Å². The highest BCUT2D eigenvalue weighted by Gasteiger charge is 2.14. The number of nitrogens with one attached hydrogen (secondary N) is 1. The van der Waals surface area contributed by atoms with E-state index in [2.05, 4.69) is 28.7 Å². The molecule has 0 bridgehead atoms. The molecule has 1 fully saturated rings. The van der Waals surface area contributed by atoms with Crippen LogP contribution in [0.15, 0.2) is 12.7 Å². The lowest BCUT2D eigenvalue weighted by Crippen LogP contribution is -2.48. The lowest BCUT2D eigenvalue weighted by atomic mass is 10.2. The third-order valence-electron chi connectivity index (χ3n) is 3.08. The molecule has 0 aromatic rings. The Balaban J connectivity index is 2.11. The molecule has 1 saturated heterocycles. The third-order valence-corrected chi connectivity index (χ3v) is 3.08. The van der Waals surface area contributed by atoms with Crippen LogP contribution in [0.3, 0.4) is 0 Å². The van der Waals surface area contributed by atoms with Crippen LogP contribution in [0.5, 0.6) is 0 Å². The van der Waals surface area contributed by atoms with Crippen LogP contribution >= 0.6 is 0 Å².